The first-order valence-electron chi connectivity index (χ1n) is 9.77. The van der Waals surface area contributed by atoms with Crippen molar-refractivity contribution in [3.63, 3.8) is 0 Å². The molecular formula is C25H19N3O2S. The van der Waals surface area contributed by atoms with Gasteiger partial charge in [0.25, 0.3) is 5.91 Å². The molecular weight excluding hydrogens is 406 g/mol. The predicted octanol–water partition coefficient (Wildman–Crippen LogP) is 6.26. The van der Waals surface area contributed by atoms with Crippen molar-refractivity contribution in [2.45, 2.75) is 5.03 Å². The minimum atomic E-state index is -0.179. The highest BCUT2D eigenvalue weighted by molar-refractivity contribution is 7.98. The topological polar surface area (TPSA) is 60.1 Å². The fourth-order valence-corrected chi connectivity index (χ4v) is 4.31. The zero-order chi connectivity index (χ0) is 21.2. The monoisotopic (exact) mass is 425 g/mol. The molecule has 0 saturated carbocycles. The summed E-state index contributed by atoms with van der Waals surface area (Å²) in [4.78, 5) is 16.4. The summed E-state index contributed by atoms with van der Waals surface area (Å²) < 4.78 is 7.52. The zero-order valence-electron chi connectivity index (χ0n) is 16.8. The summed E-state index contributed by atoms with van der Waals surface area (Å²) in [7, 11) is 0. The second-order valence-corrected chi connectivity index (χ2v) is 7.84. The second-order valence-electron chi connectivity index (χ2n) is 7.02. The third-order valence-corrected chi connectivity index (χ3v) is 5.88. The smallest absolute Gasteiger partial charge is 0.257 e. The number of aromatic nitrogens is 2. The number of nitrogens with one attached hydrogen (secondary N) is 1. The third-order valence-electron chi connectivity index (χ3n) is 5.16. The van der Waals surface area contributed by atoms with Crippen molar-refractivity contribution in [1.29, 1.82) is 0 Å². The molecule has 0 saturated heterocycles. The summed E-state index contributed by atoms with van der Waals surface area (Å²) in [5.74, 6) is -0.179. The lowest BCUT2D eigenvalue weighted by Gasteiger charge is -2.11. The van der Waals surface area contributed by atoms with Crippen molar-refractivity contribution >= 4 is 34.3 Å². The minimum Gasteiger partial charge on any atom is -0.472 e. The molecule has 31 heavy (non-hydrogen) atoms. The molecule has 0 aliphatic carbocycles. The number of benzene rings is 2. The maximum absolute atomic E-state index is 12.4. The van der Waals surface area contributed by atoms with Gasteiger partial charge >= 0.3 is 0 Å². The summed E-state index contributed by atoms with van der Waals surface area (Å²) in [6, 6.07) is 21.8. The van der Waals surface area contributed by atoms with E-state index in [9.17, 15) is 4.79 Å². The van der Waals surface area contributed by atoms with Gasteiger partial charge in [0, 0.05) is 34.7 Å². The summed E-state index contributed by atoms with van der Waals surface area (Å²) in [5.41, 5.74) is 5.61. The Labute approximate surface area is 183 Å². The van der Waals surface area contributed by atoms with E-state index in [1.165, 1.54) is 5.39 Å². The molecule has 0 unspecified atom stereocenters. The van der Waals surface area contributed by atoms with E-state index in [1.54, 1.807) is 48.8 Å². The number of hydrogen-bond acceptors (Lipinski definition) is 4. The van der Waals surface area contributed by atoms with Crippen molar-refractivity contribution in [2.75, 3.05) is 11.6 Å². The largest absolute Gasteiger partial charge is 0.472 e. The van der Waals surface area contributed by atoms with E-state index in [0.717, 1.165) is 33.0 Å². The van der Waals surface area contributed by atoms with Crippen LogP contribution in [0.5, 0.6) is 0 Å². The van der Waals surface area contributed by atoms with Gasteiger partial charge in [0.05, 0.1) is 28.6 Å². The van der Waals surface area contributed by atoms with Crippen molar-refractivity contribution < 1.29 is 9.21 Å². The number of fused-ring (bicyclic) bond motifs is 1. The number of nitrogens with zero attached hydrogens (tertiary/aromatic N) is 2. The Morgan fingerprint density at radius 3 is 2.65 bits per heavy atom. The van der Waals surface area contributed by atoms with Crippen molar-refractivity contribution in [3.8, 4) is 16.8 Å². The molecule has 0 radical (unpaired) electrons. The molecule has 2 aromatic carbocycles. The lowest BCUT2D eigenvalue weighted by molar-refractivity contribution is 0.102. The quantitative estimate of drug-likeness (QED) is 0.338. The van der Waals surface area contributed by atoms with Crippen LogP contribution in [0, 0.1) is 0 Å². The first-order valence-corrected chi connectivity index (χ1v) is 11.0. The molecule has 0 aliphatic heterocycles. The average Bonchev–Trinajstić information content (AvgIpc) is 3.48. The number of carbonyl (C=O) groups excluding carboxylic acids is 1. The molecule has 1 N–H and O–H groups in total. The number of pyridine rings is 1. The van der Waals surface area contributed by atoms with E-state index in [0.29, 0.717) is 5.56 Å². The Hall–Kier alpha value is -3.77. The Bertz CT molecular complexity index is 1340. The van der Waals surface area contributed by atoms with E-state index < -0.39 is 0 Å². The van der Waals surface area contributed by atoms with E-state index in [-0.39, 0.29) is 5.91 Å². The van der Waals surface area contributed by atoms with Gasteiger partial charge < -0.3 is 14.3 Å². The molecule has 1 amide bonds. The zero-order valence-corrected chi connectivity index (χ0v) is 17.6. The number of furan rings is 1. The van der Waals surface area contributed by atoms with Gasteiger partial charge in [-0.05, 0) is 66.4 Å². The molecule has 3 aromatic heterocycles. The predicted molar refractivity (Wildman–Crippen MR) is 125 cm³/mol. The highest BCUT2D eigenvalue weighted by Gasteiger charge is 2.14. The minimum absolute atomic E-state index is 0.179. The summed E-state index contributed by atoms with van der Waals surface area (Å²) >= 11 is 1.70. The SMILES string of the molecule is CSc1cc2c(-c3ccoc3)cccc2n1-c1ccc(NC(=O)c2cccnc2)cc1. The van der Waals surface area contributed by atoms with Crippen LogP contribution in [-0.4, -0.2) is 21.7 Å². The van der Waals surface area contributed by atoms with Crippen LogP contribution in [0.1, 0.15) is 10.4 Å². The summed E-state index contributed by atoms with van der Waals surface area (Å²) in [5, 5.41) is 5.23. The molecule has 0 aliphatic rings. The lowest BCUT2D eigenvalue weighted by atomic mass is 10.0. The van der Waals surface area contributed by atoms with Gasteiger partial charge in [-0.3, -0.25) is 9.78 Å². The molecule has 152 valence electrons. The highest BCUT2D eigenvalue weighted by Crippen LogP contribution is 2.36. The number of hydrogen-bond donors (Lipinski definition) is 1. The third kappa shape index (κ3) is 3.62. The van der Waals surface area contributed by atoms with Gasteiger partial charge in [0.1, 0.15) is 0 Å². The Balaban J connectivity index is 1.51. The van der Waals surface area contributed by atoms with Crippen molar-refractivity contribution in [3.05, 3.63) is 97.2 Å². The lowest BCUT2D eigenvalue weighted by Crippen LogP contribution is -2.12. The normalized spacial score (nSPS) is 11.0. The van der Waals surface area contributed by atoms with Gasteiger partial charge in [-0.25, -0.2) is 0 Å². The van der Waals surface area contributed by atoms with Crippen LogP contribution in [0.25, 0.3) is 27.7 Å². The number of rotatable bonds is 5. The van der Waals surface area contributed by atoms with Crippen molar-refractivity contribution in [2.24, 2.45) is 0 Å². The van der Waals surface area contributed by atoms with Crippen LogP contribution in [0.4, 0.5) is 5.69 Å². The van der Waals surface area contributed by atoms with Gasteiger partial charge in [0.2, 0.25) is 0 Å². The average molecular weight is 426 g/mol. The molecule has 6 heteroatoms. The van der Waals surface area contributed by atoms with Crippen molar-refractivity contribution in [1.82, 2.24) is 9.55 Å². The Kier molecular flexibility index (Phi) is 5.06. The van der Waals surface area contributed by atoms with Gasteiger partial charge in [0.15, 0.2) is 0 Å². The molecule has 3 heterocycles. The molecule has 5 aromatic rings. The second kappa shape index (κ2) is 8.16. The number of carbonyl (C=O) groups is 1. The van der Waals surface area contributed by atoms with E-state index in [1.807, 2.05) is 30.3 Å². The van der Waals surface area contributed by atoms with Crippen LogP contribution in [0.15, 0.2) is 101 Å². The van der Waals surface area contributed by atoms with Gasteiger partial charge in [-0.15, -0.1) is 11.8 Å². The van der Waals surface area contributed by atoms with Crippen LogP contribution in [-0.2, 0) is 0 Å². The molecule has 5 rings (SSSR count). The standard InChI is InChI=1S/C25H19N3O2S/c1-31-24-14-22-21(18-11-13-30-16-18)5-2-6-23(22)28(24)20-9-7-19(8-10-20)27-25(29)17-4-3-12-26-15-17/h2-16H,1H3,(H,27,29). The van der Waals surface area contributed by atoms with Crippen LogP contribution < -0.4 is 5.32 Å². The Morgan fingerprint density at radius 1 is 1.06 bits per heavy atom. The Morgan fingerprint density at radius 2 is 1.94 bits per heavy atom. The number of thioether (sulfide) groups is 1. The maximum atomic E-state index is 12.4. The first kappa shape index (κ1) is 19.2. The van der Waals surface area contributed by atoms with Crippen LogP contribution >= 0.6 is 11.8 Å². The van der Waals surface area contributed by atoms with E-state index in [4.69, 9.17) is 4.42 Å². The van der Waals surface area contributed by atoms with E-state index in [2.05, 4.69) is 45.4 Å². The first-order chi connectivity index (χ1) is 15.2. The summed E-state index contributed by atoms with van der Waals surface area (Å²) in [6.45, 7) is 0. The van der Waals surface area contributed by atoms with Crippen LogP contribution in [0.2, 0.25) is 0 Å². The van der Waals surface area contributed by atoms with Crippen LogP contribution in [0.3, 0.4) is 0 Å². The molecule has 0 bridgehead atoms. The number of amides is 1. The van der Waals surface area contributed by atoms with E-state index >= 15 is 0 Å². The molecule has 0 fully saturated rings. The fraction of sp³-hybridized carbons (Fsp3) is 0.0400. The van der Waals surface area contributed by atoms with Gasteiger partial charge in [-0.1, -0.05) is 12.1 Å². The number of anilines is 1. The fourth-order valence-electron chi connectivity index (χ4n) is 3.69. The molecule has 5 nitrogen and oxygen atoms in total. The molecule has 0 atom stereocenters. The highest BCUT2D eigenvalue weighted by atomic mass is 32.2. The summed E-state index contributed by atoms with van der Waals surface area (Å²) in [6.07, 6.45) is 8.74. The van der Waals surface area contributed by atoms with Gasteiger partial charge in [-0.2, -0.15) is 0 Å². The molecule has 0 spiro atoms. The maximum Gasteiger partial charge on any atom is 0.257 e.